The molecule has 2 amide bonds. The summed E-state index contributed by atoms with van der Waals surface area (Å²) in [6, 6.07) is -0.207. The summed E-state index contributed by atoms with van der Waals surface area (Å²) in [6.07, 6.45) is 0.728. The predicted molar refractivity (Wildman–Crippen MR) is 66.5 cm³/mol. The van der Waals surface area contributed by atoms with E-state index in [0.717, 1.165) is 6.42 Å². The fourth-order valence-corrected chi connectivity index (χ4v) is 2.21. The van der Waals surface area contributed by atoms with Gasteiger partial charge in [0, 0.05) is 19.6 Å². The van der Waals surface area contributed by atoms with Crippen molar-refractivity contribution in [1.29, 1.82) is 0 Å². The molecular weight excluding hydrogens is 236 g/mol. The number of carboxylic acids is 1. The second kappa shape index (κ2) is 6.58. The quantitative estimate of drug-likeness (QED) is 0.817. The Morgan fingerprint density at radius 1 is 1.33 bits per heavy atom. The van der Waals surface area contributed by atoms with Crippen LogP contribution in [-0.2, 0) is 9.53 Å². The highest BCUT2D eigenvalue weighted by Crippen LogP contribution is 2.13. The lowest BCUT2D eigenvalue weighted by Crippen LogP contribution is -2.53. The molecule has 1 saturated heterocycles. The fraction of sp³-hybridized carbons (Fsp3) is 0.833. The molecule has 2 atom stereocenters. The molecule has 6 heteroatoms. The van der Waals surface area contributed by atoms with Gasteiger partial charge in [0.1, 0.15) is 6.54 Å². The molecule has 1 N–H and O–H groups in total. The van der Waals surface area contributed by atoms with E-state index in [1.165, 1.54) is 4.90 Å². The zero-order chi connectivity index (χ0) is 13.7. The lowest BCUT2D eigenvalue weighted by molar-refractivity contribution is -0.137. The monoisotopic (exact) mass is 258 g/mol. The second-order valence-electron chi connectivity index (χ2n) is 4.76. The van der Waals surface area contributed by atoms with E-state index in [-0.39, 0.29) is 24.8 Å². The van der Waals surface area contributed by atoms with Gasteiger partial charge in [-0.2, -0.15) is 0 Å². The average molecular weight is 258 g/mol. The number of urea groups is 1. The first-order chi connectivity index (χ1) is 8.43. The standard InChI is InChI=1S/C12H22N2O4/c1-4-5-13(8-11(15)16)12(17)14-6-9(2)18-10(3)7-14/h9-10H,4-8H2,1-3H3,(H,15,16). The van der Waals surface area contributed by atoms with Gasteiger partial charge in [-0.25, -0.2) is 4.79 Å². The summed E-state index contributed by atoms with van der Waals surface area (Å²) in [5.41, 5.74) is 0. The number of hydrogen-bond acceptors (Lipinski definition) is 3. The van der Waals surface area contributed by atoms with E-state index in [2.05, 4.69) is 0 Å². The van der Waals surface area contributed by atoms with Gasteiger partial charge in [0.05, 0.1) is 12.2 Å². The maximum atomic E-state index is 12.2. The molecule has 6 nitrogen and oxygen atoms in total. The van der Waals surface area contributed by atoms with Crippen molar-refractivity contribution in [2.75, 3.05) is 26.2 Å². The van der Waals surface area contributed by atoms with Gasteiger partial charge in [-0.1, -0.05) is 6.92 Å². The molecule has 2 unspecified atom stereocenters. The highest BCUT2D eigenvalue weighted by molar-refractivity contribution is 5.80. The van der Waals surface area contributed by atoms with Gasteiger partial charge < -0.3 is 19.6 Å². The minimum Gasteiger partial charge on any atom is -0.480 e. The van der Waals surface area contributed by atoms with Crippen LogP contribution in [0, 0.1) is 0 Å². The van der Waals surface area contributed by atoms with Crippen molar-refractivity contribution in [2.24, 2.45) is 0 Å². The van der Waals surface area contributed by atoms with Gasteiger partial charge in [-0.05, 0) is 20.3 Å². The van der Waals surface area contributed by atoms with Gasteiger partial charge in [0.25, 0.3) is 0 Å². The third-order valence-electron chi connectivity index (χ3n) is 2.78. The number of morpholine rings is 1. The zero-order valence-corrected chi connectivity index (χ0v) is 11.3. The fourth-order valence-electron chi connectivity index (χ4n) is 2.21. The summed E-state index contributed by atoms with van der Waals surface area (Å²) in [7, 11) is 0. The summed E-state index contributed by atoms with van der Waals surface area (Å²) in [4.78, 5) is 26.1. The van der Waals surface area contributed by atoms with E-state index >= 15 is 0 Å². The minimum atomic E-state index is -0.980. The molecule has 104 valence electrons. The summed E-state index contributed by atoms with van der Waals surface area (Å²) in [5.74, 6) is -0.980. The van der Waals surface area contributed by atoms with Crippen molar-refractivity contribution >= 4 is 12.0 Å². The third kappa shape index (κ3) is 4.18. The molecule has 1 fully saturated rings. The topological polar surface area (TPSA) is 70.1 Å². The summed E-state index contributed by atoms with van der Waals surface area (Å²) >= 11 is 0. The molecule has 0 bridgehead atoms. The Kier molecular flexibility index (Phi) is 5.40. The summed E-state index contributed by atoms with van der Waals surface area (Å²) in [5, 5.41) is 8.82. The van der Waals surface area contributed by atoms with Crippen molar-refractivity contribution in [1.82, 2.24) is 9.80 Å². The number of amides is 2. The highest BCUT2D eigenvalue weighted by Gasteiger charge is 2.29. The first-order valence-corrected chi connectivity index (χ1v) is 6.35. The van der Waals surface area contributed by atoms with Crippen LogP contribution in [0.1, 0.15) is 27.2 Å². The van der Waals surface area contributed by atoms with E-state index in [0.29, 0.717) is 19.6 Å². The van der Waals surface area contributed by atoms with Gasteiger partial charge in [0.2, 0.25) is 0 Å². The van der Waals surface area contributed by atoms with Crippen LogP contribution in [0.25, 0.3) is 0 Å². The van der Waals surface area contributed by atoms with Gasteiger partial charge in [-0.3, -0.25) is 4.79 Å². The Morgan fingerprint density at radius 3 is 2.33 bits per heavy atom. The van der Waals surface area contributed by atoms with Gasteiger partial charge in [0.15, 0.2) is 0 Å². The number of rotatable bonds is 4. The molecule has 1 rings (SSSR count). The van der Waals surface area contributed by atoms with Crippen molar-refractivity contribution in [3.8, 4) is 0 Å². The van der Waals surface area contributed by atoms with Crippen LogP contribution in [-0.4, -0.2) is 65.3 Å². The molecule has 0 aromatic carbocycles. The first kappa shape index (κ1) is 14.8. The van der Waals surface area contributed by atoms with Gasteiger partial charge >= 0.3 is 12.0 Å². The number of carbonyl (C=O) groups is 2. The van der Waals surface area contributed by atoms with E-state index in [1.807, 2.05) is 20.8 Å². The highest BCUT2D eigenvalue weighted by atomic mass is 16.5. The Balaban J connectivity index is 2.66. The van der Waals surface area contributed by atoms with Crippen LogP contribution in [0.3, 0.4) is 0 Å². The van der Waals surface area contributed by atoms with Crippen molar-refractivity contribution in [3.63, 3.8) is 0 Å². The van der Waals surface area contributed by atoms with Crippen LogP contribution in [0.5, 0.6) is 0 Å². The normalized spacial score (nSPS) is 23.8. The number of ether oxygens (including phenoxy) is 1. The second-order valence-corrected chi connectivity index (χ2v) is 4.76. The van der Waals surface area contributed by atoms with E-state index < -0.39 is 5.97 Å². The van der Waals surface area contributed by atoms with E-state index in [9.17, 15) is 9.59 Å². The molecule has 1 aliphatic rings. The van der Waals surface area contributed by atoms with Crippen LogP contribution in [0.15, 0.2) is 0 Å². The number of carbonyl (C=O) groups excluding carboxylic acids is 1. The van der Waals surface area contributed by atoms with E-state index in [4.69, 9.17) is 9.84 Å². The molecule has 0 aliphatic carbocycles. The van der Waals surface area contributed by atoms with Gasteiger partial charge in [-0.15, -0.1) is 0 Å². The Labute approximate surface area is 107 Å². The molecule has 0 radical (unpaired) electrons. The average Bonchev–Trinajstić information content (AvgIpc) is 2.25. The number of carboxylic acid groups (broad SMARTS) is 1. The number of nitrogens with zero attached hydrogens (tertiary/aromatic N) is 2. The van der Waals surface area contributed by atoms with Crippen molar-refractivity contribution in [3.05, 3.63) is 0 Å². The molecule has 18 heavy (non-hydrogen) atoms. The zero-order valence-electron chi connectivity index (χ0n) is 11.3. The molecule has 0 spiro atoms. The molecule has 0 saturated carbocycles. The molecule has 0 aromatic rings. The maximum Gasteiger partial charge on any atom is 0.323 e. The van der Waals surface area contributed by atoms with Crippen molar-refractivity contribution < 1.29 is 19.4 Å². The summed E-state index contributed by atoms with van der Waals surface area (Å²) < 4.78 is 5.56. The lowest BCUT2D eigenvalue weighted by Gasteiger charge is -2.37. The SMILES string of the molecule is CCCN(CC(=O)O)C(=O)N1CC(C)OC(C)C1. The molecular formula is C12H22N2O4. The van der Waals surface area contributed by atoms with Crippen LogP contribution in [0.2, 0.25) is 0 Å². The molecule has 1 heterocycles. The smallest absolute Gasteiger partial charge is 0.323 e. The molecule has 0 aromatic heterocycles. The third-order valence-corrected chi connectivity index (χ3v) is 2.78. The largest absolute Gasteiger partial charge is 0.480 e. The molecule has 1 aliphatic heterocycles. The number of hydrogen-bond donors (Lipinski definition) is 1. The maximum absolute atomic E-state index is 12.2. The van der Waals surface area contributed by atoms with E-state index in [1.54, 1.807) is 4.90 Å². The minimum absolute atomic E-state index is 0.00833. The first-order valence-electron chi connectivity index (χ1n) is 6.35. The summed E-state index contributed by atoms with van der Waals surface area (Å²) in [6.45, 7) is 7.01. The van der Waals surface area contributed by atoms with Crippen LogP contribution < -0.4 is 0 Å². The van der Waals surface area contributed by atoms with Crippen LogP contribution >= 0.6 is 0 Å². The Hall–Kier alpha value is -1.30. The number of aliphatic carboxylic acids is 1. The Bertz CT molecular complexity index is 298. The predicted octanol–water partition coefficient (Wildman–Crippen LogP) is 1.01. The lowest BCUT2D eigenvalue weighted by atomic mass is 10.2. The Morgan fingerprint density at radius 2 is 1.89 bits per heavy atom. The van der Waals surface area contributed by atoms with Crippen LogP contribution in [0.4, 0.5) is 4.79 Å². The van der Waals surface area contributed by atoms with Crippen molar-refractivity contribution in [2.45, 2.75) is 39.4 Å².